The zero-order chi connectivity index (χ0) is 23.2. The van der Waals surface area contributed by atoms with Gasteiger partial charge in [-0.3, -0.25) is 0 Å². The Kier molecular flexibility index (Phi) is 7.35. The molecule has 11 heteroatoms. The summed E-state index contributed by atoms with van der Waals surface area (Å²) in [6.07, 6.45) is -2.68. The van der Waals surface area contributed by atoms with E-state index in [0.29, 0.717) is 18.1 Å². The highest BCUT2D eigenvalue weighted by Crippen LogP contribution is 2.29. The van der Waals surface area contributed by atoms with Crippen LogP contribution in [0, 0.1) is 5.82 Å². The summed E-state index contributed by atoms with van der Waals surface area (Å²) in [6, 6.07) is 11.0. The molecule has 0 saturated heterocycles. The highest BCUT2D eigenvalue weighted by Gasteiger charge is 2.29. The zero-order valence-corrected chi connectivity index (χ0v) is 16.0. The molecule has 0 aliphatic heterocycles. The van der Waals surface area contributed by atoms with Crippen molar-refractivity contribution in [3.8, 4) is 11.3 Å². The van der Waals surface area contributed by atoms with E-state index in [1.54, 1.807) is 29.9 Å². The SMILES string of the molecule is Cn1c(-c2ccc(F)cc2)cnc1NCc1ccc(C(F)(F)F)cc1.O=C(O)C(=O)O. The van der Waals surface area contributed by atoms with Crippen molar-refractivity contribution in [2.24, 2.45) is 7.05 Å². The molecule has 3 N–H and O–H groups in total. The van der Waals surface area contributed by atoms with Crippen LogP contribution in [0.3, 0.4) is 0 Å². The minimum atomic E-state index is -4.34. The van der Waals surface area contributed by atoms with Crippen LogP contribution in [0.5, 0.6) is 0 Å². The number of alkyl halides is 3. The number of hydrogen-bond acceptors (Lipinski definition) is 4. The highest BCUT2D eigenvalue weighted by molar-refractivity contribution is 6.27. The number of carboxylic acid groups (broad SMARTS) is 2. The van der Waals surface area contributed by atoms with Gasteiger partial charge < -0.3 is 20.1 Å². The molecular formula is C20H17F4N3O4. The summed E-state index contributed by atoms with van der Waals surface area (Å²) >= 11 is 0. The Hall–Kier alpha value is -3.89. The number of hydrogen-bond donors (Lipinski definition) is 3. The quantitative estimate of drug-likeness (QED) is 0.419. The maximum Gasteiger partial charge on any atom is 0.416 e. The number of aromatic nitrogens is 2. The van der Waals surface area contributed by atoms with Crippen LogP contribution in [0.4, 0.5) is 23.5 Å². The minimum absolute atomic E-state index is 0.313. The minimum Gasteiger partial charge on any atom is -0.473 e. The molecule has 0 saturated carbocycles. The van der Waals surface area contributed by atoms with Gasteiger partial charge in [-0.25, -0.2) is 19.0 Å². The van der Waals surface area contributed by atoms with Crippen molar-refractivity contribution in [2.75, 3.05) is 5.32 Å². The van der Waals surface area contributed by atoms with E-state index >= 15 is 0 Å². The van der Waals surface area contributed by atoms with Crippen LogP contribution in [-0.2, 0) is 29.4 Å². The molecule has 0 aliphatic rings. The van der Waals surface area contributed by atoms with E-state index in [-0.39, 0.29) is 5.82 Å². The topological polar surface area (TPSA) is 104 Å². The van der Waals surface area contributed by atoms with Gasteiger partial charge in [0.25, 0.3) is 0 Å². The molecule has 2 aromatic carbocycles. The van der Waals surface area contributed by atoms with E-state index in [0.717, 1.165) is 23.4 Å². The predicted molar refractivity (Wildman–Crippen MR) is 103 cm³/mol. The Bertz CT molecular complexity index is 1030. The lowest BCUT2D eigenvalue weighted by molar-refractivity contribution is -0.159. The number of carbonyl (C=O) groups is 2. The number of halogens is 4. The Labute approximate surface area is 173 Å². The first kappa shape index (κ1) is 23.4. The van der Waals surface area contributed by atoms with Crippen molar-refractivity contribution in [1.29, 1.82) is 0 Å². The summed E-state index contributed by atoms with van der Waals surface area (Å²) in [6.45, 7) is 0.339. The number of aliphatic carboxylic acids is 2. The molecule has 7 nitrogen and oxygen atoms in total. The molecule has 0 atom stereocenters. The van der Waals surface area contributed by atoms with Gasteiger partial charge in [0.2, 0.25) is 5.95 Å². The number of imidazole rings is 1. The van der Waals surface area contributed by atoms with Gasteiger partial charge >= 0.3 is 18.1 Å². The van der Waals surface area contributed by atoms with Gasteiger partial charge in [0.1, 0.15) is 5.82 Å². The Morgan fingerprint density at radius 1 is 1.00 bits per heavy atom. The molecule has 0 bridgehead atoms. The molecule has 3 rings (SSSR count). The number of nitrogens with one attached hydrogen (secondary N) is 1. The number of rotatable bonds is 4. The van der Waals surface area contributed by atoms with Gasteiger partial charge in [0.05, 0.1) is 17.5 Å². The van der Waals surface area contributed by atoms with E-state index in [2.05, 4.69) is 10.3 Å². The Morgan fingerprint density at radius 3 is 2.03 bits per heavy atom. The van der Waals surface area contributed by atoms with Crippen molar-refractivity contribution >= 4 is 17.9 Å². The molecule has 3 aromatic rings. The van der Waals surface area contributed by atoms with Crippen molar-refractivity contribution < 1.29 is 37.4 Å². The third-order valence-corrected chi connectivity index (χ3v) is 4.04. The van der Waals surface area contributed by atoms with E-state index < -0.39 is 23.7 Å². The van der Waals surface area contributed by atoms with Crippen LogP contribution in [0.1, 0.15) is 11.1 Å². The Balaban J connectivity index is 0.000000501. The molecule has 0 spiro atoms. The maximum absolute atomic E-state index is 13.0. The summed E-state index contributed by atoms with van der Waals surface area (Å²) in [5.74, 6) is -3.39. The average molecular weight is 439 g/mol. The van der Waals surface area contributed by atoms with Crippen LogP contribution in [0.25, 0.3) is 11.3 Å². The lowest BCUT2D eigenvalue weighted by Gasteiger charge is -2.10. The summed E-state index contributed by atoms with van der Waals surface area (Å²) in [5, 5.41) is 17.9. The molecule has 0 unspecified atom stereocenters. The second-order valence-corrected chi connectivity index (χ2v) is 6.19. The van der Waals surface area contributed by atoms with Crippen LogP contribution in [0.2, 0.25) is 0 Å². The van der Waals surface area contributed by atoms with Crippen LogP contribution >= 0.6 is 0 Å². The average Bonchev–Trinajstić information content (AvgIpc) is 3.07. The lowest BCUT2D eigenvalue weighted by Crippen LogP contribution is -2.09. The predicted octanol–water partition coefficient (Wildman–Crippen LogP) is 4.01. The molecule has 0 radical (unpaired) electrons. The maximum atomic E-state index is 13.0. The van der Waals surface area contributed by atoms with Crippen LogP contribution in [-0.4, -0.2) is 31.7 Å². The van der Waals surface area contributed by atoms with Gasteiger partial charge in [-0.1, -0.05) is 12.1 Å². The van der Waals surface area contributed by atoms with Gasteiger partial charge in [0.15, 0.2) is 0 Å². The zero-order valence-electron chi connectivity index (χ0n) is 16.0. The van der Waals surface area contributed by atoms with E-state index in [4.69, 9.17) is 19.8 Å². The summed E-state index contributed by atoms with van der Waals surface area (Å²) < 4.78 is 52.5. The largest absolute Gasteiger partial charge is 0.473 e. The first-order chi connectivity index (χ1) is 14.5. The summed E-state index contributed by atoms with van der Waals surface area (Å²) in [5.41, 5.74) is 1.65. The van der Waals surface area contributed by atoms with Gasteiger partial charge in [0, 0.05) is 19.2 Å². The number of anilines is 1. The highest BCUT2D eigenvalue weighted by atomic mass is 19.4. The van der Waals surface area contributed by atoms with E-state index in [9.17, 15) is 17.6 Å². The fourth-order valence-electron chi connectivity index (χ4n) is 2.46. The lowest BCUT2D eigenvalue weighted by atomic mass is 10.1. The first-order valence-corrected chi connectivity index (χ1v) is 8.63. The van der Waals surface area contributed by atoms with Crippen molar-refractivity contribution in [3.63, 3.8) is 0 Å². The van der Waals surface area contributed by atoms with E-state index in [1.165, 1.54) is 24.3 Å². The van der Waals surface area contributed by atoms with Crippen molar-refractivity contribution in [1.82, 2.24) is 9.55 Å². The van der Waals surface area contributed by atoms with Crippen molar-refractivity contribution in [2.45, 2.75) is 12.7 Å². The molecule has 0 aliphatic carbocycles. The molecule has 31 heavy (non-hydrogen) atoms. The summed E-state index contributed by atoms with van der Waals surface area (Å²) in [7, 11) is 1.81. The smallest absolute Gasteiger partial charge is 0.416 e. The monoisotopic (exact) mass is 439 g/mol. The number of benzene rings is 2. The molecule has 164 valence electrons. The molecule has 0 amide bonds. The number of carboxylic acids is 2. The van der Waals surface area contributed by atoms with Crippen LogP contribution in [0.15, 0.2) is 54.7 Å². The molecule has 1 heterocycles. The van der Waals surface area contributed by atoms with Crippen molar-refractivity contribution in [3.05, 3.63) is 71.7 Å². The molecular weight excluding hydrogens is 422 g/mol. The standard InChI is InChI=1S/C18H15F4N3.C2H2O4/c1-25-16(13-4-8-15(19)9-5-13)11-24-17(25)23-10-12-2-6-14(7-3-12)18(20,21)22;3-1(4)2(5)6/h2-9,11H,10H2,1H3,(H,23,24);(H,3,4)(H,5,6). The van der Waals surface area contributed by atoms with Gasteiger partial charge in [-0.15, -0.1) is 0 Å². The fourth-order valence-corrected chi connectivity index (χ4v) is 2.46. The normalized spacial score (nSPS) is 10.7. The molecule has 1 aromatic heterocycles. The first-order valence-electron chi connectivity index (χ1n) is 8.63. The number of nitrogens with zero attached hydrogens (tertiary/aromatic N) is 2. The van der Waals surface area contributed by atoms with Crippen LogP contribution < -0.4 is 5.32 Å². The van der Waals surface area contributed by atoms with E-state index in [1.807, 2.05) is 0 Å². The third-order valence-electron chi connectivity index (χ3n) is 4.04. The summed E-state index contributed by atoms with van der Waals surface area (Å²) in [4.78, 5) is 22.5. The Morgan fingerprint density at radius 2 is 1.55 bits per heavy atom. The van der Waals surface area contributed by atoms with Gasteiger partial charge in [-0.05, 0) is 42.0 Å². The molecule has 0 fully saturated rings. The van der Waals surface area contributed by atoms with Gasteiger partial charge in [-0.2, -0.15) is 13.2 Å². The fraction of sp³-hybridized carbons (Fsp3) is 0.150. The second kappa shape index (κ2) is 9.74. The second-order valence-electron chi connectivity index (χ2n) is 6.19. The third kappa shape index (κ3) is 6.56.